The molecule has 2 heterocycles. The molecule has 1 aromatic carbocycles. The first-order chi connectivity index (χ1) is 16.3. The van der Waals surface area contributed by atoms with Crippen LogP contribution in [0.25, 0.3) is 16.3 Å². The zero-order valence-electron chi connectivity index (χ0n) is 20.4. The largest absolute Gasteiger partial charge is 0.444 e. The van der Waals surface area contributed by atoms with E-state index >= 15 is 4.39 Å². The molecule has 1 saturated heterocycles. The number of rotatable bonds is 6. The van der Waals surface area contributed by atoms with Crippen molar-refractivity contribution in [2.75, 3.05) is 30.3 Å². The second-order valence-corrected chi connectivity index (χ2v) is 9.64. The average molecular weight is 497 g/mol. The third kappa shape index (κ3) is 6.55. The molecule has 6 nitrogen and oxygen atoms in total. The number of allylic oxidation sites excluding steroid dienone is 1. The molecule has 10 heteroatoms. The quantitative estimate of drug-likeness (QED) is 0.454. The van der Waals surface area contributed by atoms with Gasteiger partial charge in [-0.05, 0) is 45.7 Å². The van der Waals surface area contributed by atoms with E-state index in [1.54, 1.807) is 45.0 Å². The lowest BCUT2D eigenvalue weighted by atomic mass is 10.00. The van der Waals surface area contributed by atoms with Gasteiger partial charge in [-0.3, -0.25) is 0 Å². The number of nitrogens with one attached hydrogen (secondary N) is 2. The number of aromatic nitrogens is 1. The van der Waals surface area contributed by atoms with E-state index in [4.69, 9.17) is 4.74 Å². The molecule has 0 aliphatic carbocycles. The Morgan fingerprint density at radius 2 is 1.97 bits per heavy atom. The van der Waals surface area contributed by atoms with Crippen LogP contribution in [0, 0.1) is 0 Å². The van der Waals surface area contributed by atoms with Crippen LogP contribution in [0.15, 0.2) is 30.8 Å². The summed E-state index contributed by atoms with van der Waals surface area (Å²) in [5.74, 6) is 0.283. The maximum atomic E-state index is 15.1. The lowest BCUT2D eigenvalue weighted by molar-refractivity contribution is -0.0688. The molecule has 0 spiro atoms. The molecule has 2 aromatic rings. The number of hydrogen-bond donors (Lipinski definition) is 2. The van der Waals surface area contributed by atoms with Crippen LogP contribution in [-0.4, -0.2) is 59.6 Å². The highest BCUT2D eigenvalue weighted by Gasteiger charge is 2.36. The number of benzene rings is 1. The van der Waals surface area contributed by atoms with Gasteiger partial charge in [-0.25, -0.2) is 14.2 Å². The summed E-state index contributed by atoms with van der Waals surface area (Å²) >= 11 is 0. The fourth-order valence-electron chi connectivity index (χ4n) is 3.87. The summed E-state index contributed by atoms with van der Waals surface area (Å²) in [7, 11) is 0. The second-order valence-electron chi connectivity index (χ2n) is 9.64. The molecule has 192 valence electrons. The van der Waals surface area contributed by atoms with Crippen molar-refractivity contribution in [3.8, 4) is 0 Å². The number of amides is 1. The van der Waals surface area contributed by atoms with Crippen LogP contribution < -0.4 is 10.6 Å². The smallest absolute Gasteiger partial charge is 0.417 e. The van der Waals surface area contributed by atoms with Gasteiger partial charge in [-0.15, -0.1) is 0 Å². The minimum Gasteiger partial charge on any atom is -0.444 e. The Bertz CT molecular complexity index is 1080. The average Bonchev–Trinajstić information content (AvgIpc) is 2.76. The normalized spacial score (nSPS) is 18.9. The SMILES string of the molecule is C=C(c1nc(NCCC)cc2c(NC3CCN(C(=O)OC(C)(C)C)CC3F)cccc12)C(F)(F)F. The van der Waals surface area contributed by atoms with Gasteiger partial charge in [0, 0.05) is 29.5 Å². The van der Waals surface area contributed by atoms with Crippen LogP contribution in [0.4, 0.5) is 33.9 Å². The van der Waals surface area contributed by atoms with E-state index in [9.17, 15) is 18.0 Å². The maximum absolute atomic E-state index is 15.1. The number of alkyl halides is 4. The third-order valence-corrected chi connectivity index (χ3v) is 5.59. The molecule has 2 unspecified atom stereocenters. The zero-order chi connectivity index (χ0) is 26.0. The van der Waals surface area contributed by atoms with Crippen molar-refractivity contribution in [2.24, 2.45) is 0 Å². The number of nitrogens with zero attached hydrogens (tertiary/aromatic N) is 2. The van der Waals surface area contributed by atoms with Gasteiger partial charge in [0.15, 0.2) is 0 Å². The fraction of sp³-hybridized carbons (Fsp3) is 0.520. The summed E-state index contributed by atoms with van der Waals surface area (Å²) in [4.78, 5) is 17.8. The van der Waals surface area contributed by atoms with Crippen LogP contribution in [0.3, 0.4) is 0 Å². The number of anilines is 2. The predicted molar refractivity (Wildman–Crippen MR) is 130 cm³/mol. The maximum Gasteiger partial charge on any atom is 0.417 e. The molecule has 1 aromatic heterocycles. The van der Waals surface area contributed by atoms with Gasteiger partial charge in [-0.2, -0.15) is 13.2 Å². The number of pyridine rings is 1. The van der Waals surface area contributed by atoms with Crippen LogP contribution in [0.2, 0.25) is 0 Å². The molecule has 35 heavy (non-hydrogen) atoms. The Labute approximate surface area is 202 Å². The zero-order valence-corrected chi connectivity index (χ0v) is 20.4. The van der Waals surface area contributed by atoms with Crippen LogP contribution in [0.1, 0.15) is 46.2 Å². The first kappa shape index (κ1) is 26.6. The first-order valence-electron chi connectivity index (χ1n) is 11.6. The molecule has 0 radical (unpaired) electrons. The van der Waals surface area contributed by atoms with Gasteiger partial charge in [0.05, 0.1) is 23.9 Å². The van der Waals surface area contributed by atoms with Gasteiger partial charge < -0.3 is 20.3 Å². The minimum atomic E-state index is -4.65. The minimum absolute atomic E-state index is 0.141. The van der Waals surface area contributed by atoms with Crippen molar-refractivity contribution in [2.45, 2.75) is 64.5 Å². The number of ether oxygens (including phenoxy) is 1. The van der Waals surface area contributed by atoms with Gasteiger partial charge in [0.25, 0.3) is 0 Å². The highest BCUT2D eigenvalue weighted by molar-refractivity contribution is 6.01. The summed E-state index contributed by atoms with van der Waals surface area (Å²) in [5, 5.41) is 6.92. The standard InChI is InChI=1S/C25H32F4N4O2/c1-6-11-30-21-13-17-16(22(32-21)15(2)25(27,28)29)8-7-9-19(17)31-20-10-12-33(14-18(20)26)23(34)35-24(3,4)5/h7-9,13,18,20,31H,2,6,10-12,14H2,1,3-5H3,(H,30,32). The molecular weight excluding hydrogens is 464 g/mol. The molecular formula is C25H32F4N4O2. The Morgan fingerprint density at radius 1 is 1.26 bits per heavy atom. The van der Waals surface area contributed by atoms with Crippen LogP contribution >= 0.6 is 0 Å². The van der Waals surface area contributed by atoms with E-state index in [-0.39, 0.29) is 23.4 Å². The van der Waals surface area contributed by atoms with Gasteiger partial charge in [0.1, 0.15) is 17.6 Å². The summed E-state index contributed by atoms with van der Waals surface area (Å²) < 4.78 is 60.9. The number of likely N-dealkylation sites (tertiary alicyclic amines) is 1. The first-order valence-corrected chi connectivity index (χ1v) is 11.6. The van der Waals surface area contributed by atoms with Crippen molar-refractivity contribution < 1.29 is 27.1 Å². The lowest BCUT2D eigenvalue weighted by Gasteiger charge is -2.36. The Kier molecular flexibility index (Phi) is 7.81. The van der Waals surface area contributed by atoms with Crippen molar-refractivity contribution >= 4 is 33.9 Å². The molecule has 1 aliphatic heterocycles. The third-order valence-electron chi connectivity index (χ3n) is 5.59. The number of piperidine rings is 1. The molecule has 0 bridgehead atoms. The van der Waals surface area contributed by atoms with E-state index in [2.05, 4.69) is 22.2 Å². The Hall–Kier alpha value is -3.04. The van der Waals surface area contributed by atoms with E-state index in [0.29, 0.717) is 30.6 Å². The van der Waals surface area contributed by atoms with Crippen molar-refractivity contribution in [3.05, 3.63) is 36.5 Å². The summed E-state index contributed by atoms with van der Waals surface area (Å²) in [6.45, 7) is 11.1. The van der Waals surface area contributed by atoms with Crippen molar-refractivity contribution in [1.82, 2.24) is 9.88 Å². The Balaban J connectivity index is 1.89. The topological polar surface area (TPSA) is 66.5 Å². The highest BCUT2D eigenvalue weighted by atomic mass is 19.4. The number of halogens is 4. The lowest BCUT2D eigenvalue weighted by Crippen LogP contribution is -2.51. The van der Waals surface area contributed by atoms with E-state index in [1.807, 2.05) is 6.92 Å². The molecule has 1 amide bonds. The van der Waals surface area contributed by atoms with E-state index in [0.717, 1.165) is 6.42 Å². The Morgan fingerprint density at radius 3 is 2.57 bits per heavy atom. The second kappa shape index (κ2) is 10.3. The number of carbonyl (C=O) groups excluding carboxylic acids is 1. The summed E-state index contributed by atoms with van der Waals surface area (Å²) in [5.41, 5.74) is -1.52. The van der Waals surface area contributed by atoms with E-state index in [1.165, 1.54) is 4.90 Å². The fourth-order valence-corrected chi connectivity index (χ4v) is 3.87. The monoisotopic (exact) mass is 496 g/mol. The summed E-state index contributed by atoms with van der Waals surface area (Å²) in [6, 6.07) is 5.86. The molecule has 3 rings (SSSR count). The molecule has 1 aliphatic rings. The van der Waals surface area contributed by atoms with Gasteiger partial charge in [0.2, 0.25) is 0 Å². The number of carbonyl (C=O) groups is 1. The highest BCUT2D eigenvalue weighted by Crippen LogP contribution is 2.38. The van der Waals surface area contributed by atoms with Crippen molar-refractivity contribution in [3.63, 3.8) is 0 Å². The number of hydrogen-bond acceptors (Lipinski definition) is 5. The molecule has 2 atom stereocenters. The predicted octanol–water partition coefficient (Wildman–Crippen LogP) is 6.39. The van der Waals surface area contributed by atoms with Gasteiger partial charge >= 0.3 is 12.3 Å². The number of fused-ring (bicyclic) bond motifs is 1. The molecule has 2 N–H and O–H groups in total. The summed E-state index contributed by atoms with van der Waals surface area (Å²) in [6.07, 6.45) is -5.54. The molecule has 1 fully saturated rings. The van der Waals surface area contributed by atoms with Crippen LogP contribution in [0.5, 0.6) is 0 Å². The van der Waals surface area contributed by atoms with Crippen LogP contribution in [-0.2, 0) is 4.74 Å². The van der Waals surface area contributed by atoms with E-state index < -0.39 is 35.7 Å². The van der Waals surface area contributed by atoms with Crippen molar-refractivity contribution in [1.29, 1.82) is 0 Å². The molecule has 0 saturated carbocycles. The van der Waals surface area contributed by atoms with Gasteiger partial charge in [-0.1, -0.05) is 25.6 Å².